The number of hydrogen-bond donors (Lipinski definition) is 2. The Morgan fingerprint density at radius 2 is 2.05 bits per heavy atom. The van der Waals surface area contributed by atoms with Crippen molar-refractivity contribution < 1.29 is 19.5 Å². The molecule has 1 aliphatic heterocycles. The van der Waals surface area contributed by atoms with Crippen LogP contribution in [0.4, 0.5) is 0 Å². The van der Waals surface area contributed by atoms with Gasteiger partial charge in [-0.2, -0.15) is 0 Å². The molecule has 21 heavy (non-hydrogen) atoms. The van der Waals surface area contributed by atoms with Crippen molar-refractivity contribution in [2.75, 3.05) is 13.1 Å². The summed E-state index contributed by atoms with van der Waals surface area (Å²) in [6.45, 7) is 2.45. The van der Waals surface area contributed by atoms with Crippen LogP contribution in [0, 0.1) is 0 Å². The Kier molecular flexibility index (Phi) is 4.57. The van der Waals surface area contributed by atoms with E-state index in [1.54, 1.807) is 6.92 Å². The van der Waals surface area contributed by atoms with E-state index in [4.69, 9.17) is 5.11 Å². The molecule has 2 atom stereocenters. The van der Waals surface area contributed by atoms with Crippen molar-refractivity contribution in [3.63, 3.8) is 0 Å². The van der Waals surface area contributed by atoms with Crippen LogP contribution < -0.4 is 5.32 Å². The van der Waals surface area contributed by atoms with Crippen LogP contribution in [-0.4, -0.2) is 46.9 Å². The molecule has 2 unspecified atom stereocenters. The van der Waals surface area contributed by atoms with E-state index >= 15 is 0 Å². The van der Waals surface area contributed by atoms with Gasteiger partial charge in [0, 0.05) is 13.1 Å². The summed E-state index contributed by atoms with van der Waals surface area (Å²) in [7, 11) is 0. The molecule has 0 saturated carbocycles. The van der Waals surface area contributed by atoms with E-state index in [2.05, 4.69) is 5.32 Å². The topological polar surface area (TPSA) is 86.7 Å². The third kappa shape index (κ3) is 3.39. The molecule has 1 aromatic carbocycles. The number of carboxylic acid groups (broad SMARTS) is 1. The molecule has 0 spiro atoms. The van der Waals surface area contributed by atoms with Crippen LogP contribution in [0.5, 0.6) is 0 Å². The number of nitrogens with one attached hydrogen (secondary N) is 1. The van der Waals surface area contributed by atoms with Gasteiger partial charge in [-0.05, 0) is 12.5 Å². The van der Waals surface area contributed by atoms with E-state index < -0.39 is 23.8 Å². The number of benzene rings is 1. The molecule has 112 valence electrons. The fourth-order valence-corrected chi connectivity index (χ4v) is 2.48. The van der Waals surface area contributed by atoms with Gasteiger partial charge >= 0.3 is 5.97 Å². The van der Waals surface area contributed by atoms with Crippen molar-refractivity contribution in [3.05, 3.63) is 35.9 Å². The summed E-state index contributed by atoms with van der Waals surface area (Å²) in [6, 6.07) is 8.31. The van der Waals surface area contributed by atoms with Crippen LogP contribution in [0.1, 0.15) is 24.8 Å². The Labute approximate surface area is 122 Å². The molecule has 2 N–H and O–H groups in total. The highest BCUT2D eigenvalue weighted by Crippen LogP contribution is 2.21. The lowest BCUT2D eigenvalue weighted by Gasteiger charge is -2.36. The summed E-state index contributed by atoms with van der Waals surface area (Å²) in [5.41, 5.74) is 0.850. The summed E-state index contributed by atoms with van der Waals surface area (Å²) < 4.78 is 0. The number of hydrogen-bond acceptors (Lipinski definition) is 3. The second-order valence-corrected chi connectivity index (χ2v) is 5.07. The average Bonchev–Trinajstić information content (AvgIpc) is 2.48. The first kappa shape index (κ1) is 15.0. The molecule has 1 fully saturated rings. The SMILES string of the molecule is CC(C(=O)N1CCNC(=O)C1CC(=O)O)c1ccccc1. The maximum atomic E-state index is 12.6. The lowest BCUT2D eigenvalue weighted by molar-refractivity contribution is -0.149. The molecule has 0 bridgehead atoms. The van der Waals surface area contributed by atoms with Crippen LogP contribution in [0.15, 0.2) is 30.3 Å². The number of rotatable bonds is 4. The number of nitrogens with zero attached hydrogens (tertiary/aromatic N) is 1. The summed E-state index contributed by atoms with van der Waals surface area (Å²) in [5.74, 6) is -2.13. The molecule has 0 radical (unpaired) electrons. The predicted molar refractivity (Wildman–Crippen MR) is 75.6 cm³/mol. The summed E-state index contributed by atoms with van der Waals surface area (Å²) in [6.07, 6.45) is -0.376. The summed E-state index contributed by atoms with van der Waals surface area (Å²) >= 11 is 0. The lowest BCUT2D eigenvalue weighted by Crippen LogP contribution is -2.58. The largest absolute Gasteiger partial charge is 0.481 e. The molecule has 1 aromatic rings. The highest BCUT2D eigenvalue weighted by atomic mass is 16.4. The second-order valence-electron chi connectivity index (χ2n) is 5.07. The van der Waals surface area contributed by atoms with Crippen molar-refractivity contribution in [1.82, 2.24) is 10.2 Å². The third-order valence-corrected chi connectivity index (χ3v) is 3.65. The van der Waals surface area contributed by atoms with Crippen molar-refractivity contribution in [2.45, 2.75) is 25.3 Å². The van der Waals surface area contributed by atoms with Crippen LogP contribution in [0.2, 0.25) is 0 Å². The summed E-state index contributed by atoms with van der Waals surface area (Å²) in [4.78, 5) is 36.7. The molecule has 1 aliphatic rings. The zero-order chi connectivity index (χ0) is 15.4. The minimum atomic E-state index is -1.10. The van der Waals surface area contributed by atoms with Gasteiger partial charge in [-0.1, -0.05) is 30.3 Å². The first-order chi connectivity index (χ1) is 10.0. The predicted octanol–water partition coefficient (Wildman–Crippen LogP) is 0.592. The maximum absolute atomic E-state index is 12.6. The van der Waals surface area contributed by atoms with Gasteiger partial charge in [-0.3, -0.25) is 14.4 Å². The van der Waals surface area contributed by atoms with Crippen molar-refractivity contribution in [1.29, 1.82) is 0 Å². The molecule has 1 heterocycles. The lowest BCUT2D eigenvalue weighted by atomic mass is 9.97. The summed E-state index contributed by atoms with van der Waals surface area (Å²) in [5, 5.41) is 11.5. The zero-order valence-electron chi connectivity index (χ0n) is 11.8. The van der Waals surface area contributed by atoms with Gasteiger partial charge in [-0.15, -0.1) is 0 Å². The Morgan fingerprint density at radius 1 is 1.38 bits per heavy atom. The van der Waals surface area contributed by atoms with Crippen molar-refractivity contribution in [2.24, 2.45) is 0 Å². The molecule has 1 saturated heterocycles. The standard InChI is InChI=1S/C15H18N2O4/c1-10(11-5-3-2-4-6-11)15(21)17-8-7-16-14(20)12(17)9-13(18)19/h2-6,10,12H,7-9H2,1H3,(H,16,20)(H,18,19). The number of carbonyl (C=O) groups excluding carboxylic acids is 2. The number of carbonyl (C=O) groups is 3. The van der Waals surface area contributed by atoms with Crippen molar-refractivity contribution >= 4 is 17.8 Å². The van der Waals surface area contributed by atoms with E-state index in [0.717, 1.165) is 5.56 Å². The van der Waals surface area contributed by atoms with Crippen LogP contribution in [-0.2, 0) is 14.4 Å². The molecule has 6 heteroatoms. The van der Waals surface area contributed by atoms with E-state index in [0.29, 0.717) is 13.1 Å². The van der Waals surface area contributed by atoms with Crippen LogP contribution in [0.25, 0.3) is 0 Å². The van der Waals surface area contributed by atoms with Crippen LogP contribution >= 0.6 is 0 Å². The Morgan fingerprint density at radius 3 is 2.67 bits per heavy atom. The first-order valence-electron chi connectivity index (χ1n) is 6.85. The monoisotopic (exact) mass is 290 g/mol. The molecule has 6 nitrogen and oxygen atoms in total. The minimum absolute atomic E-state index is 0.220. The average molecular weight is 290 g/mol. The third-order valence-electron chi connectivity index (χ3n) is 3.65. The molecule has 0 aliphatic carbocycles. The van der Waals surface area contributed by atoms with Gasteiger partial charge in [0.25, 0.3) is 0 Å². The van der Waals surface area contributed by atoms with Crippen LogP contribution in [0.3, 0.4) is 0 Å². The second kappa shape index (κ2) is 6.39. The Balaban J connectivity index is 2.19. The van der Waals surface area contributed by atoms with E-state index in [1.165, 1.54) is 4.90 Å². The molecular formula is C15H18N2O4. The fraction of sp³-hybridized carbons (Fsp3) is 0.400. The first-order valence-corrected chi connectivity index (χ1v) is 6.85. The van der Waals surface area contributed by atoms with Gasteiger partial charge < -0.3 is 15.3 Å². The van der Waals surface area contributed by atoms with Crippen molar-refractivity contribution in [3.8, 4) is 0 Å². The number of aliphatic carboxylic acids is 1. The van der Waals surface area contributed by atoms with E-state index in [-0.39, 0.29) is 12.3 Å². The van der Waals surface area contributed by atoms with Gasteiger partial charge in [-0.25, -0.2) is 0 Å². The smallest absolute Gasteiger partial charge is 0.305 e. The number of amides is 2. The van der Waals surface area contributed by atoms with Gasteiger partial charge in [0.1, 0.15) is 6.04 Å². The zero-order valence-corrected chi connectivity index (χ0v) is 11.8. The number of carboxylic acids is 1. The van der Waals surface area contributed by atoms with E-state index in [9.17, 15) is 14.4 Å². The minimum Gasteiger partial charge on any atom is -0.481 e. The van der Waals surface area contributed by atoms with Gasteiger partial charge in [0.05, 0.1) is 12.3 Å². The van der Waals surface area contributed by atoms with Gasteiger partial charge in [0.15, 0.2) is 0 Å². The number of piperazine rings is 1. The molecule has 0 aromatic heterocycles. The maximum Gasteiger partial charge on any atom is 0.305 e. The Bertz CT molecular complexity index is 544. The molecule has 2 rings (SSSR count). The fourth-order valence-electron chi connectivity index (χ4n) is 2.48. The molecular weight excluding hydrogens is 272 g/mol. The highest BCUT2D eigenvalue weighted by molar-refractivity contribution is 5.93. The quantitative estimate of drug-likeness (QED) is 0.850. The van der Waals surface area contributed by atoms with Gasteiger partial charge in [0.2, 0.25) is 11.8 Å². The molecule has 2 amide bonds. The van der Waals surface area contributed by atoms with E-state index in [1.807, 2.05) is 30.3 Å². The Hall–Kier alpha value is -2.37. The highest BCUT2D eigenvalue weighted by Gasteiger charge is 2.36. The normalized spacial score (nSPS) is 19.8.